The van der Waals surface area contributed by atoms with Crippen LogP contribution in [0.1, 0.15) is 6.92 Å². The van der Waals surface area contributed by atoms with Crippen molar-refractivity contribution < 1.29 is 0 Å². The minimum absolute atomic E-state index is 0.875. The third kappa shape index (κ3) is 5.04. The van der Waals surface area contributed by atoms with E-state index in [0.29, 0.717) is 0 Å². The van der Waals surface area contributed by atoms with Gasteiger partial charge >= 0.3 is 0 Å². The fourth-order valence-electron chi connectivity index (χ4n) is 0.174. The van der Waals surface area contributed by atoms with Crippen LogP contribution in [0.25, 0.3) is 0 Å². The van der Waals surface area contributed by atoms with E-state index in [0.717, 1.165) is 5.57 Å². The molecule has 0 aliphatic heterocycles. The van der Waals surface area contributed by atoms with Crippen molar-refractivity contribution in [1.82, 2.24) is 0 Å². The Kier molecular flexibility index (Phi) is 2.79. The van der Waals surface area contributed by atoms with Crippen molar-refractivity contribution in [2.45, 2.75) is 6.92 Å². The van der Waals surface area contributed by atoms with Crippen molar-refractivity contribution in [2.24, 2.45) is 0 Å². The molecule has 0 saturated carbocycles. The van der Waals surface area contributed by atoms with Crippen LogP contribution in [0.4, 0.5) is 0 Å². The summed E-state index contributed by atoms with van der Waals surface area (Å²) in [6.45, 7) is 8.85. The molecule has 0 bridgehead atoms. The van der Waals surface area contributed by atoms with E-state index in [2.05, 4.69) is 25.0 Å². The Bertz CT molecular complexity index is 130. The highest BCUT2D eigenvalue weighted by molar-refractivity contribution is 5.27. The molecule has 0 atom stereocenters. The molecule has 0 rings (SSSR count). The zero-order valence-corrected chi connectivity index (χ0v) is 4.49. The molecule has 0 amide bonds. The summed E-state index contributed by atoms with van der Waals surface area (Å²) >= 11 is 0. The molecule has 0 aromatic carbocycles. The number of rotatable bonds is 0. The SMILES string of the molecule is C=CC#CC(=C)C. The van der Waals surface area contributed by atoms with Crippen LogP contribution in [0.5, 0.6) is 0 Å². The van der Waals surface area contributed by atoms with Gasteiger partial charge in [-0.2, -0.15) is 0 Å². The summed E-state index contributed by atoms with van der Waals surface area (Å²) in [5.41, 5.74) is 0.875. The lowest BCUT2D eigenvalue weighted by Crippen LogP contribution is -1.56. The average molecular weight is 92.1 g/mol. The van der Waals surface area contributed by atoms with Gasteiger partial charge in [-0.25, -0.2) is 0 Å². The van der Waals surface area contributed by atoms with Gasteiger partial charge < -0.3 is 0 Å². The smallest absolute Gasteiger partial charge is 0.00790 e. The highest BCUT2D eigenvalue weighted by atomic mass is 13.7. The minimum atomic E-state index is 0.875. The second-order valence-electron chi connectivity index (χ2n) is 1.25. The summed E-state index contributed by atoms with van der Waals surface area (Å²) in [7, 11) is 0. The zero-order valence-electron chi connectivity index (χ0n) is 4.49. The van der Waals surface area contributed by atoms with Gasteiger partial charge in [-0.15, -0.1) is 0 Å². The first-order chi connectivity index (χ1) is 3.27. The molecule has 0 radical (unpaired) electrons. The van der Waals surface area contributed by atoms with Crippen molar-refractivity contribution >= 4 is 0 Å². The average Bonchev–Trinajstić information content (AvgIpc) is 1.61. The van der Waals surface area contributed by atoms with Crippen molar-refractivity contribution in [2.75, 3.05) is 0 Å². The van der Waals surface area contributed by atoms with Crippen LogP contribution in [0.3, 0.4) is 0 Å². The zero-order chi connectivity index (χ0) is 5.70. The molecule has 0 aromatic heterocycles. The first-order valence-electron chi connectivity index (χ1n) is 2.05. The molecule has 0 N–H and O–H groups in total. The highest BCUT2D eigenvalue weighted by Crippen LogP contribution is 1.78. The molecule has 0 fully saturated rings. The van der Waals surface area contributed by atoms with E-state index in [4.69, 9.17) is 0 Å². The maximum Gasteiger partial charge on any atom is -0.00790 e. The van der Waals surface area contributed by atoms with Crippen LogP contribution in [0, 0.1) is 11.8 Å². The van der Waals surface area contributed by atoms with E-state index >= 15 is 0 Å². The number of allylic oxidation sites excluding steroid dienone is 2. The summed E-state index contributed by atoms with van der Waals surface area (Å²) in [4.78, 5) is 0. The lowest BCUT2D eigenvalue weighted by atomic mass is 10.3. The lowest BCUT2D eigenvalue weighted by molar-refractivity contribution is 1.63. The van der Waals surface area contributed by atoms with Crippen LogP contribution >= 0.6 is 0 Å². The summed E-state index contributed by atoms with van der Waals surface area (Å²) in [6.07, 6.45) is 1.55. The van der Waals surface area contributed by atoms with Crippen molar-refractivity contribution in [3.05, 3.63) is 24.8 Å². The van der Waals surface area contributed by atoms with Gasteiger partial charge in [0.05, 0.1) is 0 Å². The minimum Gasteiger partial charge on any atom is -0.0906 e. The molecular weight excluding hydrogens is 84.1 g/mol. The van der Waals surface area contributed by atoms with Crippen molar-refractivity contribution in [3.8, 4) is 11.8 Å². The second kappa shape index (κ2) is 3.24. The molecule has 0 spiro atoms. The van der Waals surface area contributed by atoms with E-state index in [9.17, 15) is 0 Å². The van der Waals surface area contributed by atoms with Crippen LogP contribution < -0.4 is 0 Å². The third-order valence-corrected chi connectivity index (χ3v) is 0.388. The van der Waals surface area contributed by atoms with E-state index in [1.54, 1.807) is 6.08 Å². The van der Waals surface area contributed by atoms with E-state index in [-0.39, 0.29) is 0 Å². The van der Waals surface area contributed by atoms with E-state index in [1.807, 2.05) is 6.92 Å². The fraction of sp³-hybridized carbons (Fsp3) is 0.143. The molecule has 0 aromatic rings. The second-order valence-corrected chi connectivity index (χ2v) is 1.25. The van der Waals surface area contributed by atoms with Gasteiger partial charge in [0.2, 0.25) is 0 Å². The van der Waals surface area contributed by atoms with Gasteiger partial charge in [-0.3, -0.25) is 0 Å². The first kappa shape index (κ1) is 6.04. The normalized spacial score (nSPS) is 5.86. The molecular formula is C7H8. The fourth-order valence-corrected chi connectivity index (χ4v) is 0.174. The van der Waals surface area contributed by atoms with Crippen LogP contribution in [0.15, 0.2) is 24.8 Å². The Hall–Kier alpha value is -0.960. The molecule has 36 valence electrons. The lowest BCUT2D eigenvalue weighted by Gasteiger charge is -1.70. The van der Waals surface area contributed by atoms with Crippen LogP contribution in [-0.4, -0.2) is 0 Å². The predicted molar refractivity (Wildman–Crippen MR) is 32.8 cm³/mol. The first-order valence-corrected chi connectivity index (χ1v) is 2.05. The molecule has 0 aliphatic carbocycles. The summed E-state index contributed by atoms with van der Waals surface area (Å²) in [6, 6.07) is 0. The van der Waals surface area contributed by atoms with Gasteiger partial charge in [-0.05, 0) is 18.6 Å². The van der Waals surface area contributed by atoms with Gasteiger partial charge in [0.25, 0.3) is 0 Å². The molecule has 0 heterocycles. The molecule has 0 heteroatoms. The molecule has 0 unspecified atom stereocenters. The van der Waals surface area contributed by atoms with E-state index < -0.39 is 0 Å². The molecule has 7 heavy (non-hydrogen) atoms. The molecule has 0 saturated heterocycles. The quantitative estimate of drug-likeness (QED) is 0.399. The van der Waals surface area contributed by atoms with Gasteiger partial charge in [-0.1, -0.05) is 25.0 Å². The van der Waals surface area contributed by atoms with Crippen LogP contribution in [0.2, 0.25) is 0 Å². The van der Waals surface area contributed by atoms with Crippen LogP contribution in [-0.2, 0) is 0 Å². The Morgan fingerprint density at radius 1 is 1.71 bits per heavy atom. The van der Waals surface area contributed by atoms with Crippen molar-refractivity contribution in [1.29, 1.82) is 0 Å². The number of hydrogen-bond acceptors (Lipinski definition) is 0. The Morgan fingerprint density at radius 2 is 2.29 bits per heavy atom. The van der Waals surface area contributed by atoms with Gasteiger partial charge in [0.15, 0.2) is 0 Å². The summed E-state index contributed by atoms with van der Waals surface area (Å²) in [5, 5.41) is 0. The van der Waals surface area contributed by atoms with Gasteiger partial charge in [0.1, 0.15) is 0 Å². The molecule has 0 nitrogen and oxygen atoms in total. The Balaban J connectivity index is 3.66. The van der Waals surface area contributed by atoms with Crippen molar-refractivity contribution in [3.63, 3.8) is 0 Å². The largest absolute Gasteiger partial charge is 0.0906 e. The third-order valence-electron chi connectivity index (χ3n) is 0.388. The monoisotopic (exact) mass is 92.1 g/mol. The predicted octanol–water partition coefficient (Wildman–Crippen LogP) is 1.75. The standard InChI is InChI=1S/C7H8/c1-4-5-6-7(2)3/h4H,1-2H2,3H3. The van der Waals surface area contributed by atoms with Gasteiger partial charge in [0, 0.05) is 0 Å². The molecule has 0 aliphatic rings. The summed E-state index contributed by atoms with van der Waals surface area (Å²) in [5.74, 6) is 5.39. The highest BCUT2D eigenvalue weighted by Gasteiger charge is 1.63. The Morgan fingerprint density at radius 3 is 2.43 bits per heavy atom. The maximum absolute atomic E-state index is 3.57. The number of hydrogen-bond donors (Lipinski definition) is 0. The Labute approximate surface area is 44.5 Å². The summed E-state index contributed by atoms with van der Waals surface area (Å²) < 4.78 is 0. The van der Waals surface area contributed by atoms with E-state index in [1.165, 1.54) is 0 Å². The maximum atomic E-state index is 3.57. The topological polar surface area (TPSA) is 0 Å².